The summed E-state index contributed by atoms with van der Waals surface area (Å²) in [5, 5.41) is 19.1. The Balaban J connectivity index is 2.08. The average Bonchev–Trinajstić information content (AvgIpc) is 2.99. The van der Waals surface area contributed by atoms with Crippen molar-refractivity contribution in [2.45, 2.75) is 105 Å². The summed E-state index contributed by atoms with van der Waals surface area (Å²) in [6.07, 6.45) is 4.62. The Morgan fingerprint density at radius 3 is 2.27 bits per heavy atom. The highest BCUT2D eigenvalue weighted by Gasteiger charge is 2.39. The number of para-hydroxylation sites is 1. The smallest absolute Gasteiger partial charge is 0.408 e. The summed E-state index contributed by atoms with van der Waals surface area (Å²) in [7, 11) is 0. The van der Waals surface area contributed by atoms with Crippen LogP contribution in [0, 0.1) is 12.8 Å². The molecule has 3 unspecified atom stereocenters. The van der Waals surface area contributed by atoms with Gasteiger partial charge in [-0.25, -0.2) is 4.79 Å². The van der Waals surface area contributed by atoms with Gasteiger partial charge in [0.1, 0.15) is 23.4 Å². The Kier molecular flexibility index (Phi) is 12.8. The van der Waals surface area contributed by atoms with Gasteiger partial charge in [-0.05, 0) is 68.5 Å². The van der Waals surface area contributed by atoms with Gasteiger partial charge in [0.15, 0.2) is 0 Å². The van der Waals surface area contributed by atoms with Gasteiger partial charge in [-0.1, -0.05) is 101 Å². The van der Waals surface area contributed by atoms with Crippen LogP contribution in [0.15, 0.2) is 60.7 Å². The summed E-state index contributed by atoms with van der Waals surface area (Å²) in [5.74, 6) is -1.14. The summed E-state index contributed by atoms with van der Waals surface area (Å²) in [6.45, 7) is 13.3. The summed E-state index contributed by atoms with van der Waals surface area (Å²) in [5.41, 5.74) is 0.755. The predicted molar refractivity (Wildman–Crippen MR) is 181 cm³/mol. The molecule has 0 fully saturated rings. The predicted octanol–water partition coefficient (Wildman–Crippen LogP) is 8.27. The summed E-state index contributed by atoms with van der Waals surface area (Å²) < 4.78 is 5.52. The van der Waals surface area contributed by atoms with Crippen molar-refractivity contribution in [2.75, 3.05) is 11.9 Å². The van der Waals surface area contributed by atoms with Crippen molar-refractivity contribution in [3.8, 4) is 5.75 Å². The number of fused-ring (bicyclic) bond motifs is 1. The van der Waals surface area contributed by atoms with E-state index in [9.17, 15) is 19.5 Å². The van der Waals surface area contributed by atoms with E-state index >= 15 is 0 Å². The van der Waals surface area contributed by atoms with Gasteiger partial charge in [0.25, 0.3) is 5.91 Å². The monoisotopic (exact) mass is 617 g/mol. The second-order valence-electron chi connectivity index (χ2n) is 12.9. The molecule has 0 bridgehead atoms. The Hall–Kier alpha value is -4.07. The van der Waals surface area contributed by atoms with Gasteiger partial charge >= 0.3 is 6.09 Å². The van der Waals surface area contributed by atoms with E-state index in [1.54, 1.807) is 45.9 Å². The van der Waals surface area contributed by atoms with Crippen molar-refractivity contribution >= 4 is 34.4 Å². The molecule has 3 N–H and O–H groups in total. The molecule has 0 aliphatic heterocycles. The Bertz CT molecular complexity index is 1450. The van der Waals surface area contributed by atoms with E-state index in [1.807, 2.05) is 56.3 Å². The van der Waals surface area contributed by atoms with Gasteiger partial charge in [-0.2, -0.15) is 0 Å². The number of carbonyl (C=O) groups is 3. The largest absolute Gasteiger partial charge is 0.507 e. The molecule has 0 aromatic heterocycles. The molecule has 8 nitrogen and oxygen atoms in total. The number of benzene rings is 3. The molecule has 0 spiro atoms. The number of amides is 3. The van der Waals surface area contributed by atoms with Crippen molar-refractivity contribution < 1.29 is 24.2 Å². The fourth-order valence-corrected chi connectivity index (χ4v) is 5.38. The molecular formula is C37H51N3O5. The lowest BCUT2D eigenvalue weighted by atomic mass is 9.94. The molecule has 3 atom stereocenters. The number of nitrogens with one attached hydrogen (secondary N) is 2. The van der Waals surface area contributed by atoms with Gasteiger partial charge in [-0.15, -0.1) is 0 Å². The number of phenols is 1. The zero-order valence-corrected chi connectivity index (χ0v) is 28.0. The standard InChI is InChI=1S/C37H51N3O5/c1-8-10-11-12-15-23-40(35(43)31(25(3)9-2)39-36(44)45-37(5,6)7)32(30-20-16-17-26(4)33(30)41)34(42)38-29-22-21-27-18-13-14-19-28(27)24-29/h13-14,16-22,24-25,31-32,41H,8-12,15,23H2,1-7H3,(H,38,42)(H,39,44). The van der Waals surface area contributed by atoms with Crippen LogP contribution in [0.4, 0.5) is 10.5 Å². The van der Waals surface area contributed by atoms with Gasteiger partial charge in [-0.3, -0.25) is 9.59 Å². The van der Waals surface area contributed by atoms with Crippen molar-refractivity contribution in [3.05, 3.63) is 71.8 Å². The number of hydrogen-bond donors (Lipinski definition) is 3. The summed E-state index contributed by atoms with van der Waals surface area (Å²) in [4.78, 5) is 43.4. The van der Waals surface area contributed by atoms with Gasteiger partial charge < -0.3 is 25.4 Å². The number of aromatic hydroxyl groups is 1. The quantitative estimate of drug-likeness (QED) is 0.158. The number of phenolic OH excluding ortho intramolecular Hbond substituents is 1. The van der Waals surface area contributed by atoms with Crippen molar-refractivity contribution in [1.29, 1.82) is 0 Å². The third-order valence-corrected chi connectivity index (χ3v) is 8.08. The second kappa shape index (κ2) is 16.3. The minimum atomic E-state index is -1.15. The lowest BCUT2D eigenvalue weighted by Gasteiger charge is -2.36. The number of aryl methyl sites for hydroxylation is 1. The third-order valence-electron chi connectivity index (χ3n) is 8.08. The highest BCUT2D eigenvalue weighted by molar-refractivity contribution is 6.00. The Labute approximate surface area is 268 Å². The SMILES string of the molecule is CCCCCCCN(C(=O)C(NC(=O)OC(C)(C)C)C(C)CC)C(C(=O)Nc1ccc2ccccc2c1)c1cccc(C)c1O. The molecule has 0 saturated carbocycles. The van der Waals surface area contributed by atoms with Crippen molar-refractivity contribution in [1.82, 2.24) is 10.2 Å². The Morgan fingerprint density at radius 1 is 0.911 bits per heavy atom. The van der Waals surface area contributed by atoms with Crippen LogP contribution in [0.25, 0.3) is 10.8 Å². The molecule has 8 heteroatoms. The molecule has 0 aliphatic carbocycles. The molecule has 3 rings (SSSR count). The van der Waals surface area contributed by atoms with Crippen molar-refractivity contribution in [2.24, 2.45) is 5.92 Å². The molecular weight excluding hydrogens is 566 g/mol. The lowest BCUT2D eigenvalue weighted by Crippen LogP contribution is -2.55. The molecule has 45 heavy (non-hydrogen) atoms. The first-order chi connectivity index (χ1) is 21.4. The zero-order valence-electron chi connectivity index (χ0n) is 28.0. The maximum absolute atomic E-state index is 14.6. The highest BCUT2D eigenvalue weighted by atomic mass is 16.6. The number of anilines is 1. The average molecular weight is 618 g/mol. The van der Waals surface area contributed by atoms with E-state index in [-0.39, 0.29) is 18.2 Å². The van der Waals surface area contributed by atoms with Crippen molar-refractivity contribution in [3.63, 3.8) is 0 Å². The number of ether oxygens (including phenoxy) is 1. The number of rotatable bonds is 14. The van der Waals surface area contributed by atoms with E-state index in [1.165, 1.54) is 4.90 Å². The number of hydrogen-bond acceptors (Lipinski definition) is 5. The molecule has 0 heterocycles. The van der Waals surface area contributed by atoms with E-state index < -0.39 is 35.6 Å². The van der Waals surface area contributed by atoms with E-state index in [4.69, 9.17) is 4.74 Å². The third kappa shape index (κ3) is 9.96. The molecule has 3 aromatic carbocycles. The van der Waals surface area contributed by atoms with E-state index in [0.717, 1.165) is 36.5 Å². The first kappa shape index (κ1) is 35.4. The van der Waals surface area contributed by atoms with Crippen LogP contribution in [0.3, 0.4) is 0 Å². The van der Waals surface area contributed by atoms with Crippen LogP contribution < -0.4 is 10.6 Å². The van der Waals surface area contributed by atoms with Crippen LogP contribution in [0.2, 0.25) is 0 Å². The maximum atomic E-state index is 14.6. The molecule has 3 aromatic rings. The maximum Gasteiger partial charge on any atom is 0.408 e. The number of alkyl carbamates (subject to hydrolysis) is 1. The van der Waals surface area contributed by atoms with E-state index in [0.29, 0.717) is 29.7 Å². The van der Waals surface area contributed by atoms with Crippen LogP contribution in [-0.2, 0) is 14.3 Å². The summed E-state index contributed by atoms with van der Waals surface area (Å²) >= 11 is 0. The van der Waals surface area contributed by atoms with Gasteiger partial charge in [0.2, 0.25) is 5.91 Å². The minimum Gasteiger partial charge on any atom is -0.507 e. The van der Waals surface area contributed by atoms with E-state index in [2.05, 4.69) is 17.6 Å². The van der Waals surface area contributed by atoms with Gasteiger partial charge in [0, 0.05) is 17.8 Å². The van der Waals surface area contributed by atoms with Crippen LogP contribution in [-0.4, -0.2) is 46.1 Å². The molecule has 3 amide bonds. The fourth-order valence-electron chi connectivity index (χ4n) is 5.38. The van der Waals surface area contributed by atoms with Crippen LogP contribution in [0.1, 0.15) is 97.2 Å². The molecule has 0 aliphatic rings. The Morgan fingerprint density at radius 2 is 1.60 bits per heavy atom. The lowest BCUT2D eigenvalue weighted by molar-refractivity contribution is -0.142. The van der Waals surface area contributed by atoms with Crippen LogP contribution in [0.5, 0.6) is 5.75 Å². The first-order valence-corrected chi connectivity index (χ1v) is 16.2. The number of carbonyl (C=O) groups excluding carboxylic acids is 3. The molecule has 244 valence electrons. The first-order valence-electron chi connectivity index (χ1n) is 16.2. The molecule has 0 radical (unpaired) electrons. The fraction of sp³-hybridized carbons (Fsp3) is 0.486. The zero-order chi connectivity index (χ0) is 33.1. The number of unbranched alkanes of at least 4 members (excludes halogenated alkanes) is 4. The van der Waals surface area contributed by atoms with Crippen LogP contribution >= 0.6 is 0 Å². The minimum absolute atomic E-state index is 0.0415. The topological polar surface area (TPSA) is 108 Å². The number of nitrogens with zero attached hydrogens (tertiary/aromatic N) is 1. The second-order valence-corrected chi connectivity index (χ2v) is 12.9. The summed E-state index contributed by atoms with van der Waals surface area (Å²) in [6, 6.07) is 16.7. The van der Waals surface area contributed by atoms with Gasteiger partial charge in [0.05, 0.1) is 0 Å². The highest BCUT2D eigenvalue weighted by Crippen LogP contribution is 2.34. The normalized spacial score (nSPS) is 13.5. The molecule has 0 saturated heterocycles.